The van der Waals surface area contributed by atoms with Crippen LogP contribution in [0.2, 0.25) is 0 Å². The number of hydrogen-bond acceptors (Lipinski definition) is 4. The van der Waals surface area contributed by atoms with E-state index in [1.807, 2.05) is 19.9 Å². The zero-order chi connectivity index (χ0) is 21.3. The molecule has 0 saturated heterocycles. The predicted octanol–water partition coefficient (Wildman–Crippen LogP) is 3.68. The number of pyridine rings is 1. The van der Waals surface area contributed by atoms with Gasteiger partial charge in [-0.15, -0.1) is 0 Å². The van der Waals surface area contributed by atoms with E-state index in [4.69, 9.17) is 0 Å². The van der Waals surface area contributed by atoms with E-state index < -0.39 is 11.8 Å². The Morgan fingerprint density at radius 2 is 1.97 bits per heavy atom. The number of benzene rings is 1. The number of anilines is 4. The molecule has 0 atom stereocenters. The molecule has 8 nitrogen and oxygen atoms in total. The topological polar surface area (TPSA) is 89.6 Å². The monoisotopic (exact) mass is 400 g/mol. The minimum atomic E-state index is -0.566. The minimum Gasteiger partial charge on any atom is -0.373 e. The largest absolute Gasteiger partial charge is 0.373 e. The van der Waals surface area contributed by atoms with Gasteiger partial charge in [0.05, 0.1) is 23.6 Å². The molecule has 0 spiro atoms. The number of nitrogens with one attached hydrogen (secondary N) is 3. The molecule has 1 aliphatic rings. The molecule has 0 bridgehead atoms. The van der Waals surface area contributed by atoms with Crippen LogP contribution in [0.25, 0.3) is 0 Å². The van der Waals surface area contributed by atoms with Crippen molar-refractivity contribution in [2.24, 2.45) is 0 Å². The maximum Gasteiger partial charge on any atom is 0.329 e. The van der Waals surface area contributed by atoms with Gasteiger partial charge in [0.15, 0.2) is 0 Å². The van der Waals surface area contributed by atoms with E-state index in [2.05, 4.69) is 20.9 Å². The number of carbonyl (C=O) groups is 2. The summed E-state index contributed by atoms with van der Waals surface area (Å²) in [5.74, 6) is 0.0983. The van der Waals surface area contributed by atoms with Gasteiger partial charge in [0.25, 0.3) is 0 Å². The minimum absolute atomic E-state index is 0.00801. The molecule has 1 aromatic carbocycles. The van der Waals surface area contributed by atoms with Gasteiger partial charge >= 0.3 is 12.1 Å². The summed E-state index contributed by atoms with van der Waals surface area (Å²) >= 11 is 0. The van der Waals surface area contributed by atoms with Gasteiger partial charge in [-0.05, 0) is 38.5 Å². The lowest BCUT2D eigenvalue weighted by Gasteiger charge is -2.36. The Bertz CT molecular complexity index is 962. The molecule has 1 aliphatic heterocycles. The molecule has 1 aromatic heterocycles. The molecule has 3 N–H and O–H groups in total. The van der Waals surface area contributed by atoms with Crippen molar-refractivity contribution in [1.82, 2.24) is 10.3 Å². The smallest absolute Gasteiger partial charge is 0.329 e. The lowest BCUT2D eigenvalue weighted by Crippen LogP contribution is -2.45. The van der Waals surface area contributed by atoms with Crippen molar-refractivity contribution in [3.8, 4) is 0 Å². The second-order valence-electron chi connectivity index (χ2n) is 7.25. The fraction of sp³-hybridized carbons (Fsp3) is 0.350. The van der Waals surface area contributed by atoms with Crippen LogP contribution in [0.5, 0.6) is 0 Å². The number of urea groups is 2. The molecule has 0 unspecified atom stereocenters. The molecule has 0 aliphatic carbocycles. The number of amides is 4. The number of aromatic nitrogens is 1. The van der Waals surface area contributed by atoms with Crippen LogP contribution in [0.15, 0.2) is 24.4 Å². The number of rotatable bonds is 4. The van der Waals surface area contributed by atoms with Crippen molar-refractivity contribution >= 4 is 34.9 Å². The number of carbonyl (C=O) groups excluding carboxylic acids is 2. The summed E-state index contributed by atoms with van der Waals surface area (Å²) in [5, 5.41) is 8.12. The lowest BCUT2D eigenvalue weighted by atomic mass is 10.1. The average Bonchev–Trinajstić information content (AvgIpc) is 2.66. The van der Waals surface area contributed by atoms with Gasteiger partial charge in [0, 0.05) is 38.0 Å². The third kappa shape index (κ3) is 4.08. The zero-order valence-electron chi connectivity index (χ0n) is 17.1. The van der Waals surface area contributed by atoms with E-state index in [-0.39, 0.29) is 17.8 Å². The van der Waals surface area contributed by atoms with Crippen molar-refractivity contribution in [2.45, 2.75) is 33.4 Å². The number of fused-ring (bicyclic) bond motifs is 1. The number of hydrogen-bond donors (Lipinski definition) is 3. The maximum atomic E-state index is 14.4. The Hall–Kier alpha value is -3.36. The van der Waals surface area contributed by atoms with Crippen LogP contribution in [-0.2, 0) is 6.54 Å². The molecular weight excluding hydrogens is 375 g/mol. The maximum absolute atomic E-state index is 14.4. The Kier molecular flexibility index (Phi) is 5.58. The quantitative estimate of drug-likeness (QED) is 0.730. The highest BCUT2D eigenvalue weighted by molar-refractivity contribution is 6.06. The number of halogens is 1. The van der Waals surface area contributed by atoms with Crippen molar-refractivity contribution in [3.63, 3.8) is 0 Å². The predicted molar refractivity (Wildman–Crippen MR) is 112 cm³/mol. The zero-order valence-corrected chi connectivity index (χ0v) is 17.1. The number of nitrogens with zero attached hydrogens (tertiary/aromatic N) is 3. The van der Waals surface area contributed by atoms with Crippen LogP contribution in [0.1, 0.15) is 25.0 Å². The Labute approximate surface area is 169 Å². The van der Waals surface area contributed by atoms with Crippen LogP contribution in [0, 0.1) is 12.7 Å². The Morgan fingerprint density at radius 1 is 1.24 bits per heavy atom. The van der Waals surface area contributed by atoms with E-state index in [1.165, 1.54) is 17.0 Å². The summed E-state index contributed by atoms with van der Waals surface area (Å²) < 4.78 is 14.4. The number of aryl methyl sites for hydroxylation is 1. The molecule has 2 heterocycles. The van der Waals surface area contributed by atoms with Crippen molar-refractivity contribution in [1.29, 1.82) is 0 Å². The Balaban J connectivity index is 1.96. The van der Waals surface area contributed by atoms with Gasteiger partial charge in [0.1, 0.15) is 11.6 Å². The van der Waals surface area contributed by atoms with Gasteiger partial charge in [-0.3, -0.25) is 9.80 Å². The van der Waals surface area contributed by atoms with Crippen LogP contribution in [0.3, 0.4) is 0 Å². The highest BCUT2D eigenvalue weighted by atomic mass is 19.1. The first kappa shape index (κ1) is 20.4. The summed E-state index contributed by atoms with van der Waals surface area (Å²) in [7, 11) is 3.44. The SMILES string of the molecule is CNc1cc2c(cn1)CN(c1cc(NC(=O)NC(C)C)c(F)cc1C)C(=O)N2C. The van der Waals surface area contributed by atoms with Crippen LogP contribution in [0.4, 0.5) is 36.9 Å². The summed E-state index contributed by atoms with van der Waals surface area (Å²) in [6.45, 7) is 5.63. The van der Waals surface area contributed by atoms with E-state index >= 15 is 0 Å². The molecule has 154 valence electrons. The van der Waals surface area contributed by atoms with Gasteiger partial charge in [-0.2, -0.15) is 0 Å². The van der Waals surface area contributed by atoms with Crippen molar-refractivity contribution < 1.29 is 14.0 Å². The molecular formula is C20H25FN6O2. The fourth-order valence-corrected chi connectivity index (χ4v) is 3.22. The summed E-state index contributed by atoms with van der Waals surface area (Å²) in [4.78, 5) is 32.4. The first-order valence-electron chi connectivity index (χ1n) is 9.30. The van der Waals surface area contributed by atoms with Gasteiger partial charge in [-0.1, -0.05) is 0 Å². The summed E-state index contributed by atoms with van der Waals surface area (Å²) in [6, 6.07) is 3.75. The van der Waals surface area contributed by atoms with Crippen molar-refractivity contribution in [3.05, 3.63) is 41.3 Å². The third-order valence-electron chi connectivity index (χ3n) is 4.67. The highest BCUT2D eigenvalue weighted by Crippen LogP contribution is 2.35. The molecule has 0 saturated carbocycles. The standard InChI is InChI=1S/C20H25FN6O2/c1-11(2)24-19(28)25-15-7-16(12(3)6-14(15)21)27-10-13-9-23-18(22-4)8-17(13)26(5)20(27)29/h6-9,11H,10H2,1-5H3,(H,22,23)(H2,24,25,28). The molecule has 0 fully saturated rings. The summed E-state index contributed by atoms with van der Waals surface area (Å²) in [5.41, 5.74) is 2.74. The van der Waals surface area contributed by atoms with E-state index in [1.54, 1.807) is 32.1 Å². The summed E-state index contributed by atoms with van der Waals surface area (Å²) in [6.07, 6.45) is 1.71. The van der Waals surface area contributed by atoms with Gasteiger partial charge in [-0.25, -0.2) is 19.0 Å². The van der Waals surface area contributed by atoms with Gasteiger partial charge < -0.3 is 16.0 Å². The molecule has 9 heteroatoms. The van der Waals surface area contributed by atoms with E-state index in [0.717, 1.165) is 11.3 Å². The second kappa shape index (κ2) is 7.94. The van der Waals surface area contributed by atoms with E-state index in [0.29, 0.717) is 23.6 Å². The normalized spacial score (nSPS) is 13.4. The molecule has 2 aromatic rings. The molecule has 29 heavy (non-hydrogen) atoms. The third-order valence-corrected chi connectivity index (χ3v) is 4.67. The van der Waals surface area contributed by atoms with Crippen LogP contribution in [-0.4, -0.2) is 37.2 Å². The van der Waals surface area contributed by atoms with Crippen LogP contribution < -0.4 is 25.8 Å². The fourth-order valence-electron chi connectivity index (χ4n) is 3.22. The highest BCUT2D eigenvalue weighted by Gasteiger charge is 2.31. The average molecular weight is 400 g/mol. The first-order chi connectivity index (χ1) is 13.7. The molecule has 0 radical (unpaired) electrons. The molecule has 4 amide bonds. The van der Waals surface area contributed by atoms with E-state index in [9.17, 15) is 14.0 Å². The van der Waals surface area contributed by atoms with Crippen LogP contribution >= 0.6 is 0 Å². The Morgan fingerprint density at radius 3 is 2.62 bits per heavy atom. The van der Waals surface area contributed by atoms with Crippen molar-refractivity contribution in [2.75, 3.05) is 34.5 Å². The first-order valence-corrected chi connectivity index (χ1v) is 9.30. The molecule has 3 rings (SSSR count). The lowest BCUT2D eigenvalue weighted by molar-refractivity contribution is 0.249. The van der Waals surface area contributed by atoms with Gasteiger partial charge in [0.2, 0.25) is 0 Å². The second-order valence-corrected chi connectivity index (χ2v) is 7.25.